The molecule has 2 aliphatic heterocycles. The van der Waals surface area contributed by atoms with Crippen LogP contribution in [-0.4, -0.2) is 126 Å². The SMILES string of the molecule is CC1(C)CCC[C@H](NC(=O)[C@H](Cc2ccccc2)SSC[C@H](N)C(=O)O)C(=O)N1CC(=O)O[C@@H]1O[C@H](C(=O)O)[C@@H](O)[C@H](O)[C@H]1O. The fraction of sp³-hybridized carbons (Fsp3) is 0.607. The van der Waals surface area contributed by atoms with Crippen molar-refractivity contribution in [2.24, 2.45) is 5.73 Å². The van der Waals surface area contributed by atoms with Crippen LogP contribution < -0.4 is 11.1 Å². The minimum atomic E-state index is -1.98. The first-order valence-electron chi connectivity index (χ1n) is 14.2. The lowest BCUT2D eigenvalue weighted by Gasteiger charge is -2.40. The van der Waals surface area contributed by atoms with Gasteiger partial charge in [0, 0.05) is 11.3 Å². The van der Waals surface area contributed by atoms with E-state index in [9.17, 15) is 44.4 Å². The minimum Gasteiger partial charge on any atom is -0.480 e. The van der Waals surface area contributed by atoms with Crippen LogP contribution in [0.25, 0.3) is 0 Å². The highest BCUT2D eigenvalue weighted by Gasteiger charge is 2.49. The largest absolute Gasteiger partial charge is 0.480 e. The number of hydrogen-bond donors (Lipinski definition) is 7. The number of ether oxygens (including phenoxy) is 2. The maximum absolute atomic E-state index is 13.8. The van der Waals surface area contributed by atoms with Crippen LogP contribution in [0.1, 0.15) is 38.7 Å². The lowest BCUT2D eigenvalue weighted by Crippen LogP contribution is -2.61. The monoisotopic (exact) mass is 673 g/mol. The molecular formula is C28H39N3O12S2. The number of amides is 2. The maximum Gasteiger partial charge on any atom is 0.335 e. The second kappa shape index (κ2) is 16.1. The van der Waals surface area contributed by atoms with Gasteiger partial charge in [0.25, 0.3) is 0 Å². The van der Waals surface area contributed by atoms with Crippen LogP contribution in [0.4, 0.5) is 0 Å². The Morgan fingerprint density at radius 3 is 2.40 bits per heavy atom. The highest BCUT2D eigenvalue weighted by molar-refractivity contribution is 8.77. The smallest absolute Gasteiger partial charge is 0.335 e. The van der Waals surface area contributed by atoms with Gasteiger partial charge >= 0.3 is 17.9 Å². The quantitative estimate of drug-likeness (QED) is 0.0991. The third kappa shape index (κ3) is 9.78. The summed E-state index contributed by atoms with van der Waals surface area (Å²) < 4.78 is 10.1. The fourth-order valence-electron chi connectivity index (χ4n) is 4.88. The number of carboxylic acid groups (broad SMARTS) is 2. The van der Waals surface area contributed by atoms with E-state index in [0.29, 0.717) is 12.8 Å². The Labute approximate surface area is 267 Å². The van der Waals surface area contributed by atoms with Crippen molar-refractivity contribution >= 4 is 51.3 Å². The number of aliphatic hydroxyl groups is 3. The van der Waals surface area contributed by atoms with Gasteiger partial charge < -0.3 is 51.0 Å². The molecule has 45 heavy (non-hydrogen) atoms. The number of likely N-dealkylation sites (tertiary alicyclic amines) is 1. The van der Waals surface area contributed by atoms with Gasteiger partial charge in [-0.1, -0.05) is 51.9 Å². The van der Waals surface area contributed by atoms with Gasteiger partial charge in [-0.2, -0.15) is 0 Å². The normalized spacial score (nSPS) is 28.0. The van der Waals surface area contributed by atoms with Gasteiger partial charge in [-0.15, -0.1) is 0 Å². The van der Waals surface area contributed by atoms with Crippen LogP contribution in [0.15, 0.2) is 30.3 Å². The van der Waals surface area contributed by atoms with Crippen molar-refractivity contribution in [2.75, 3.05) is 12.3 Å². The van der Waals surface area contributed by atoms with Crippen LogP contribution >= 0.6 is 21.6 Å². The summed E-state index contributed by atoms with van der Waals surface area (Å²) in [7, 11) is 2.27. The van der Waals surface area contributed by atoms with Crippen molar-refractivity contribution in [3.8, 4) is 0 Å². The lowest BCUT2D eigenvalue weighted by atomic mass is 9.97. The van der Waals surface area contributed by atoms with Crippen LogP contribution in [0.5, 0.6) is 0 Å². The molecule has 15 nitrogen and oxygen atoms in total. The number of nitrogens with zero attached hydrogens (tertiary/aromatic N) is 1. The van der Waals surface area contributed by atoms with Crippen molar-refractivity contribution in [1.29, 1.82) is 0 Å². The maximum atomic E-state index is 13.8. The molecule has 0 unspecified atom stereocenters. The molecule has 8 N–H and O–H groups in total. The van der Waals surface area contributed by atoms with Crippen molar-refractivity contribution in [3.63, 3.8) is 0 Å². The summed E-state index contributed by atoms with van der Waals surface area (Å²) in [5.74, 6) is -4.89. The summed E-state index contributed by atoms with van der Waals surface area (Å²) in [4.78, 5) is 64.0. The third-order valence-electron chi connectivity index (χ3n) is 7.55. The number of carbonyl (C=O) groups excluding carboxylic acids is 3. The molecule has 0 aliphatic carbocycles. The van der Waals surface area contributed by atoms with Gasteiger partial charge in [0.15, 0.2) is 6.10 Å². The molecule has 1 aromatic rings. The van der Waals surface area contributed by atoms with Crippen molar-refractivity contribution in [1.82, 2.24) is 10.2 Å². The zero-order valence-electron chi connectivity index (χ0n) is 24.7. The zero-order valence-corrected chi connectivity index (χ0v) is 26.3. The lowest BCUT2D eigenvalue weighted by molar-refractivity contribution is -0.286. The van der Waals surface area contributed by atoms with Crippen LogP contribution in [0.3, 0.4) is 0 Å². The molecule has 1 aromatic carbocycles. The second-order valence-corrected chi connectivity index (χ2v) is 14.0. The summed E-state index contributed by atoms with van der Waals surface area (Å²) in [5, 5.41) is 50.5. The first kappa shape index (κ1) is 36.5. The van der Waals surface area contributed by atoms with E-state index in [4.69, 9.17) is 20.3 Å². The van der Waals surface area contributed by atoms with Crippen molar-refractivity contribution in [3.05, 3.63) is 35.9 Å². The molecule has 3 rings (SSSR count). The van der Waals surface area contributed by atoms with E-state index in [1.165, 1.54) is 4.90 Å². The number of nitrogens with two attached hydrogens (primary N) is 1. The average Bonchev–Trinajstić information content (AvgIpc) is 3.08. The molecular weight excluding hydrogens is 634 g/mol. The van der Waals surface area contributed by atoms with E-state index in [2.05, 4.69) is 5.32 Å². The van der Waals surface area contributed by atoms with Gasteiger partial charge in [0.05, 0.1) is 5.25 Å². The Morgan fingerprint density at radius 2 is 1.78 bits per heavy atom. The number of rotatable bonds is 13. The van der Waals surface area contributed by atoms with E-state index >= 15 is 0 Å². The van der Waals surface area contributed by atoms with E-state index in [1.807, 2.05) is 30.3 Å². The summed E-state index contributed by atoms with van der Waals surface area (Å²) in [6.07, 6.45) is -8.28. The molecule has 0 bridgehead atoms. The Morgan fingerprint density at radius 1 is 1.11 bits per heavy atom. The molecule has 8 atom stereocenters. The van der Waals surface area contributed by atoms with E-state index < -0.39 is 89.8 Å². The first-order valence-corrected chi connectivity index (χ1v) is 16.5. The van der Waals surface area contributed by atoms with Crippen LogP contribution in [0, 0.1) is 0 Å². The van der Waals surface area contributed by atoms with Crippen LogP contribution in [-0.2, 0) is 39.9 Å². The number of benzene rings is 1. The molecule has 2 fully saturated rings. The summed E-state index contributed by atoms with van der Waals surface area (Å²) in [6, 6.07) is 7.01. The molecule has 2 amide bonds. The van der Waals surface area contributed by atoms with E-state index in [-0.39, 0.29) is 18.6 Å². The van der Waals surface area contributed by atoms with E-state index in [1.54, 1.807) is 13.8 Å². The molecule has 2 aliphatic rings. The minimum absolute atomic E-state index is 0.0492. The predicted octanol–water partition coefficient (Wildman–Crippen LogP) is -0.898. The number of nitrogens with one attached hydrogen (secondary N) is 1. The Kier molecular flexibility index (Phi) is 13.0. The first-order chi connectivity index (χ1) is 21.1. The Balaban J connectivity index is 1.72. The summed E-state index contributed by atoms with van der Waals surface area (Å²) >= 11 is 0. The van der Waals surface area contributed by atoms with Gasteiger partial charge in [-0.25, -0.2) is 4.79 Å². The third-order valence-corrected chi connectivity index (χ3v) is 10.3. The second-order valence-electron chi connectivity index (χ2n) is 11.4. The number of esters is 1. The predicted molar refractivity (Wildman–Crippen MR) is 162 cm³/mol. The molecule has 250 valence electrons. The number of carboxylic acids is 2. The Bertz CT molecular complexity index is 1220. The Hall–Kier alpha value is -2.93. The number of hydrogen-bond acceptors (Lipinski definition) is 13. The van der Waals surface area contributed by atoms with Gasteiger partial charge in [-0.3, -0.25) is 19.2 Å². The topological polar surface area (TPSA) is 246 Å². The molecule has 0 spiro atoms. The molecule has 2 saturated heterocycles. The van der Waals surface area contributed by atoms with Gasteiger partial charge in [0.2, 0.25) is 18.1 Å². The highest BCUT2D eigenvalue weighted by Crippen LogP contribution is 2.32. The molecule has 0 aromatic heterocycles. The van der Waals surface area contributed by atoms with Crippen molar-refractivity contribution < 1.29 is 59.0 Å². The summed E-state index contributed by atoms with van der Waals surface area (Å²) in [6.45, 7) is 2.81. The molecule has 2 heterocycles. The number of carbonyl (C=O) groups is 5. The van der Waals surface area contributed by atoms with Gasteiger partial charge in [0.1, 0.15) is 36.9 Å². The summed E-state index contributed by atoms with van der Waals surface area (Å²) in [5.41, 5.74) is 5.58. The molecule has 17 heteroatoms. The zero-order chi connectivity index (χ0) is 33.5. The van der Waals surface area contributed by atoms with Crippen molar-refractivity contribution in [2.45, 2.75) is 93.1 Å². The molecule has 0 saturated carbocycles. The average molecular weight is 674 g/mol. The van der Waals surface area contributed by atoms with Crippen LogP contribution in [0.2, 0.25) is 0 Å². The van der Waals surface area contributed by atoms with Gasteiger partial charge in [-0.05, 0) is 45.1 Å². The fourth-order valence-corrected chi connectivity index (χ4v) is 7.47. The molecule has 0 radical (unpaired) electrons. The number of aliphatic carboxylic acids is 2. The van der Waals surface area contributed by atoms with E-state index in [0.717, 1.165) is 27.2 Å². The number of aliphatic hydroxyl groups excluding tert-OH is 3. The highest BCUT2D eigenvalue weighted by atomic mass is 33.1. The standard InChI is InChI=1S/C28H39N3O12S2/c1-28(2)10-6-9-16(30-23(36)17(11-14-7-4-3-5-8-14)45-44-13-15(29)25(38)39)24(37)31(28)12-18(32)42-27-21(35)19(33)20(34)22(43-27)26(40)41/h3-5,7-8,15-17,19-22,27,33-35H,6,9-13,29H2,1-2H3,(H,30,36)(H,38,39)(H,40,41)/t15-,16-,17-,19-,20-,21+,22-,27+/m0/s1.